The van der Waals surface area contributed by atoms with Crippen LogP contribution in [0.25, 0.3) is 0 Å². The first-order valence-electron chi connectivity index (χ1n) is 6.87. The van der Waals surface area contributed by atoms with Gasteiger partial charge in [0.1, 0.15) is 0 Å². The average molecular weight is 283 g/mol. The number of anilines is 1. The highest BCUT2D eigenvalue weighted by atomic mass is 16.1. The van der Waals surface area contributed by atoms with Crippen molar-refractivity contribution in [2.75, 3.05) is 19.0 Å². The Hall–Kier alpha value is -2.36. The van der Waals surface area contributed by atoms with E-state index in [9.17, 15) is 4.79 Å². The minimum Gasteiger partial charge on any atom is -0.395 e. The molecular formula is C17H21N3O. The Labute approximate surface area is 125 Å². The molecule has 2 rings (SSSR count). The van der Waals surface area contributed by atoms with Crippen LogP contribution >= 0.6 is 0 Å². The number of carbonyl (C=O) groups is 1. The van der Waals surface area contributed by atoms with E-state index in [-0.39, 0.29) is 11.5 Å². The van der Waals surface area contributed by atoms with E-state index in [1.54, 1.807) is 6.08 Å². The van der Waals surface area contributed by atoms with Crippen LogP contribution in [0.2, 0.25) is 0 Å². The smallest absolute Gasteiger partial charge is 0.202 e. The fourth-order valence-electron chi connectivity index (χ4n) is 2.29. The second-order valence-electron chi connectivity index (χ2n) is 5.56. The highest BCUT2D eigenvalue weighted by Gasteiger charge is 2.19. The fraction of sp³-hybridized carbons (Fsp3) is 0.294. The van der Waals surface area contributed by atoms with Crippen molar-refractivity contribution in [3.63, 3.8) is 0 Å². The van der Waals surface area contributed by atoms with E-state index in [1.165, 1.54) is 0 Å². The molecule has 0 bridgehead atoms. The zero-order valence-electron chi connectivity index (χ0n) is 13.2. The van der Waals surface area contributed by atoms with Crippen LogP contribution < -0.4 is 10.6 Å². The average Bonchev–Trinajstić information content (AvgIpc) is 2.42. The van der Waals surface area contributed by atoms with Gasteiger partial charge in [0.05, 0.1) is 17.1 Å². The molecule has 2 N–H and O–H groups in total. The number of aliphatic imine (C=N–C) groups is 1. The number of hydrogen-bond donors (Lipinski definition) is 1. The van der Waals surface area contributed by atoms with Gasteiger partial charge in [-0.05, 0) is 56.2 Å². The molecule has 21 heavy (non-hydrogen) atoms. The number of benzene rings is 1. The van der Waals surface area contributed by atoms with Gasteiger partial charge in [-0.2, -0.15) is 0 Å². The van der Waals surface area contributed by atoms with Gasteiger partial charge >= 0.3 is 0 Å². The molecular weight excluding hydrogens is 262 g/mol. The van der Waals surface area contributed by atoms with Crippen LogP contribution in [0.15, 0.2) is 46.1 Å². The highest BCUT2D eigenvalue weighted by Crippen LogP contribution is 2.27. The molecule has 0 fully saturated rings. The molecule has 1 aromatic carbocycles. The molecule has 0 radical (unpaired) electrons. The Kier molecular flexibility index (Phi) is 3.98. The van der Waals surface area contributed by atoms with Gasteiger partial charge in [0.25, 0.3) is 0 Å². The molecule has 0 atom stereocenters. The van der Waals surface area contributed by atoms with Crippen molar-refractivity contribution in [1.82, 2.24) is 0 Å². The fourth-order valence-corrected chi connectivity index (χ4v) is 2.29. The summed E-state index contributed by atoms with van der Waals surface area (Å²) in [5, 5.41) is 0. The first-order chi connectivity index (χ1) is 9.81. The number of allylic oxidation sites excluding steroid dienone is 3. The minimum absolute atomic E-state index is 0.136. The summed E-state index contributed by atoms with van der Waals surface area (Å²) >= 11 is 0. The van der Waals surface area contributed by atoms with E-state index in [1.807, 2.05) is 47.0 Å². The van der Waals surface area contributed by atoms with Gasteiger partial charge in [-0.1, -0.05) is 0 Å². The summed E-state index contributed by atoms with van der Waals surface area (Å²) in [6.07, 6.45) is 1.55. The molecule has 1 aliphatic rings. The van der Waals surface area contributed by atoms with Gasteiger partial charge in [-0.3, -0.25) is 4.79 Å². The molecule has 0 saturated heterocycles. The molecule has 0 spiro atoms. The van der Waals surface area contributed by atoms with Crippen LogP contribution in [0.1, 0.15) is 19.4 Å². The first kappa shape index (κ1) is 15.0. The molecule has 0 heterocycles. The predicted molar refractivity (Wildman–Crippen MR) is 88.3 cm³/mol. The topological polar surface area (TPSA) is 58.7 Å². The van der Waals surface area contributed by atoms with Crippen LogP contribution in [0.4, 0.5) is 11.4 Å². The van der Waals surface area contributed by atoms with E-state index in [0.29, 0.717) is 0 Å². The van der Waals surface area contributed by atoms with Crippen molar-refractivity contribution in [2.24, 2.45) is 10.7 Å². The maximum Gasteiger partial charge on any atom is 0.202 e. The Bertz CT molecular complexity index is 694. The lowest BCUT2D eigenvalue weighted by Gasteiger charge is -2.17. The molecule has 0 aliphatic heterocycles. The summed E-state index contributed by atoms with van der Waals surface area (Å²) in [6, 6.07) is 6.11. The van der Waals surface area contributed by atoms with Crippen LogP contribution in [0.3, 0.4) is 0 Å². The molecule has 0 saturated carbocycles. The lowest BCUT2D eigenvalue weighted by Crippen LogP contribution is -2.21. The molecule has 4 heteroatoms. The number of carbonyl (C=O) groups excluding carboxylic acids is 1. The third-order valence-corrected chi connectivity index (χ3v) is 3.67. The predicted octanol–water partition coefficient (Wildman–Crippen LogP) is 2.90. The summed E-state index contributed by atoms with van der Waals surface area (Å²) in [7, 11) is 4.01. The summed E-state index contributed by atoms with van der Waals surface area (Å²) < 4.78 is 0. The summed E-state index contributed by atoms with van der Waals surface area (Å²) in [5.74, 6) is -0.136. The van der Waals surface area contributed by atoms with E-state index in [4.69, 9.17) is 10.7 Å². The van der Waals surface area contributed by atoms with Crippen molar-refractivity contribution in [3.8, 4) is 0 Å². The molecule has 1 aliphatic carbocycles. The van der Waals surface area contributed by atoms with Crippen molar-refractivity contribution >= 4 is 22.9 Å². The molecule has 4 nitrogen and oxygen atoms in total. The van der Waals surface area contributed by atoms with E-state index in [2.05, 4.69) is 11.0 Å². The maximum atomic E-state index is 11.7. The number of rotatable bonds is 2. The van der Waals surface area contributed by atoms with E-state index >= 15 is 0 Å². The third kappa shape index (κ3) is 2.89. The van der Waals surface area contributed by atoms with Gasteiger partial charge in [0.2, 0.25) is 5.78 Å². The highest BCUT2D eigenvalue weighted by molar-refractivity contribution is 6.24. The Morgan fingerprint density at radius 1 is 1.14 bits per heavy atom. The Morgan fingerprint density at radius 3 is 2.38 bits per heavy atom. The SMILES string of the molecule is CC1=CC(=O)C(N)=C(C)C1=Nc1ccc(N(C)C)cc1C. The number of ketones is 1. The van der Waals surface area contributed by atoms with Gasteiger partial charge in [-0.15, -0.1) is 0 Å². The largest absolute Gasteiger partial charge is 0.395 e. The van der Waals surface area contributed by atoms with Crippen molar-refractivity contribution in [3.05, 3.63) is 46.7 Å². The first-order valence-corrected chi connectivity index (χ1v) is 6.87. The molecule has 110 valence electrons. The second-order valence-corrected chi connectivity index (χ2v) is 5.56. The summed E-state index contributed by atoms with van der Waals surface area (Å²) in [6.45, 7) is 5.75. The van der Waals surface area contributed by atoms with Gasteiger partial charge in [0, 0.05) is 25.4 Å². The quantitative estimate of drug-likeness (QED) is 0.849. The van der Waals surface area contributed by atoms with Gasteiger partial charge in [0.15, 0.2) is 0 Å². The minimum atomic E-state index is -0.136. The zero-order chi connectivity index (χ0) is 15.7. The molecule has 0 unspecified atom stereocenters. The van der Waals surface area contributed by atoms with Crippen LogP contribution in [-0.4, -0.2) is 25.6 Å². The number of nitrogens with two attached hydrogens (primary N) is 1. The van der Waals surface area contributed by atoms with Crippen molar-refractivity contribution in [2.45, 2.75) is 20.8 Å². The lowest BCUT2D eigenvalue weighted by molar-refractivity contribution is -0.111. The lowest BCUT2D eigenvalue weighted by atomic mass is 9.94. The third-order valence-electron chi connectivity index (χ3n) is 3.67. The zero-order valence-corrected chi connectivity index (χ0v) is 13.2. The van der Waals surface area contributed by atoms with Gasteiger partial charge in [-0.25, -0.2) is 4.99 Å². The monoisotopic (exact) mass is 283 g/mol. The van der Waals surface area contributed by atoms with Crippen molar-refractivity contribution < 1.29 is 4.79 Å². The number of aryl methyl sites for hydroxylation is 1. The van der Waals surface area contributed by atoms with Crippen molar-refractivity contribution in [1.29, 1.82) is 0 Å². The normalized spacial score (nSPS) is 17.3. The van der Waals surface area contributed by atoms with Crippen LogP contribution in [-0.2, 0) is 4.79 Å². The molecule has 1 aromatic rings. The van der Waals surface area contributed by atoms with Crippen LogP contribution in [0, 0.1) is 6.92 Å². The van der Waals surface area contributed by atoms with E-state index < -0.39 is 0 Å². The second kappa shape index (κ2) is 5.56. The maximum absolute atomic E-state index is 11.7. The number of nitrogens with zero attached hydrogens (tertiary/aromatic N) is 2. The summed E-state index contributed by atoms with van der Waals surface area (Å²) in [4.78, 5) is 18.4. The Balaban J connectivity index is 2.49. The molecule has 0 aromatic heterocycles. The summed E-state index contributed by atoms with van der Waals surface area (Å²) in [5.41, 5.74) is 11.6. The standard InChI is InChI=1S/C17H21N3O/c1-10-8-13(20(4)5)6-7-14(10)19-17-11(2)9-15(21)16(18)12(17)3/h6-9H,18H2,1-5H3. The van der Waals surface area contributed by atoms with Crippen LogP contribution in [0.5, 0.6) is 0 Å². The van der Waals surface area contributed by atoms with E-state index in [0.717, 1.165) is 33.8 Å². The number of hydrogen-bond acceptors (Lipinski definition) is 4. The van der Waals surface area contributed by atoms with Gasteiger partial charge < -0.3 is 10.6 Å². The molecule has 0 amide bonds. The Morgan fingerprint density at radius 2 is 1.81 bits per heavy atom.